The Hall–Kier alpha value is -0.120. The molecule has 0 saturated carbocycles. The van der Waals surface area contributed by atoms with Crippen molar-refractivity contribution in [3.8, 4) is 0 Å². The van der Waals surface area contributed by atoms with Gasteiger partial charge >= 0.3 is 0 Å². The van der Waals surface area contributed by atoms with Gasteiger partial charge in [-0.25, -0.2) is 0 Å². The summed E-state index contributed by atoms with van der Waals surface area (Å²) in [7, 11) is 4.32. The summed E-state index contributed by atoms with van der Waals surface area (Å²) in [5.41, 5.74) is 0. The summed E-state index contributed by atoms with van der Waals surface area (Å²) >= 11 is 0. The number of nitrogens with one attached hydrogen (secondary N) is 1. The van der Waals surface area contributed by atoms with Gasteiger partial charge < -0.3 is 15.1 Å². The van der Waals surface area contributed by atoms with Gasteiger partial charge in [0, 0.05) is 6.54 Å². The first kappa shape index (κ1) is 15.9. The Bertz CT molecular complexity index is 184. The predicted octanol–water partition coefficient (Wildman–Crippen LogP) is 1.90. The lowest BCUT2D eigenvalue weighted by Crippen LogP contribution is -2.41. The SMILES string of the molecule is CC(C)CNCC1CCCN(CCCN(C)C)C1. The van der Waals surface area contributed by atoms with E-state index in [0.717, 1.165) is 18.4 Å². The summed E-state index contributed by atoms with van der Waals surface area (Å²) in [6.45, 7) is 12.0. The minimum Gasteiger partial charge on any atom is -0.316 e. The number of likely N-dealkylation sites (tertiary alicyclic amines) is 1. The molecule has 0 aromatic rings. The quantitative estimate of drug-likeness (QED) is 0.714. The van der Waals surface area contributed by atoms with Crippen molar-refractivity contribution < 1.29 is 0 Å². The van der Waals surface area contributed by atoms with Gasteiger partial charge in [0.25, 0.3) is 0 Å². The zero-order valence-corrected chi connectivity index (χ0v) is 12.9. The van der Waals surface area contributed by atoms with Gasteiger partial charge in [0.15, 0.2) is 0 Å². The highest BCUT2D eigenvalue weighted by Crippen LogP contribution is 2.15. The van der Waals surface area contributed by atoms with Crippen LogP contribution < -0.4 is 5.32 Å². The van der Waals surface area contributed by atoms with Crippen molar-refractivity contribution in [3.05, 3.63) is 0 Å². The van der Waals surface area contributed by atoms with E-state index in [0.29, 0.717) is 0 Å². The van der Waals surface area contributed by atoms with Crippen molar-refractivity contribution in [3.63, 3.8) is 0 Å². The molecule has 1 N–H and O–H groups in total. The lowest BCUT2D eigenvalue weighted by molar-refractivity contribution is 0.165. The molecule has 1 saturated heterocycles. The van der Waals surface area contributed by atoms with E-state index in [9.17, 15) is 0 Å². The Morgan fingerprint density at radius 1 is 1.33 bits per heavy atom. The van der Waals surface area contributed by atoms with E-state index >= 15 is 0 Å². The molecule has 3 nitrogen and oxygen atoms in total. The number of hydrogen-bond donors (Lipinski definition) is 1. The molecule has 0 spiro atoms. The maximum atomic E-state index is 3.61. The summed E-state index contributed by atoms with van der Waals surface area (Å²) in [6, 6.07) is 0. The van der Waals surface area contributed by atoms with Gasteiger partial charge in [-0.1, -0.05) is 13.8 Å². The highest BCUT2D eigenvalue weighted by atomic mass is 15.1. The second kappa shape index (κ2) is 8.89. The Labute approximate surface area is 114 Å². The van der Waals surface area contributed by atoms with Crippen LogP contribution in [-0.2, 0) is 0 Å². The molecule has 0 bridgehead atoms. The molecule has 1 aliphatic heterocycles. The topological polar surface area (TPSA) is 18.5 Å². The summed E-state index contributed by atoms with van der Waals surface area (Å²) in [5, 5.41) is 3.61. The van der Waals surface area contributed by atoms with Gasteiger partial charge in [-0.3, -0.25) is 0 Å². The minimum atomic E-state index is 0.768. The maximum Gasteiger partial charge on any atom is 0.00218 e. The normalized spacial score (nSPS) is 22.0. The monoisotopic (exact) mass is 255 g/mol. The maximum absolute atomic E-state index is 3.61. The molecule has 1 rings (SSSR count). The first-order valence-electron chi connectivity index (χ1n) is 7.65. The third-order valence-corrected chi connectivity index (χ3v) is 3.67. The Morgan fingerprint density at radius 3 is 2.78 bits per heavy atom. The molecular formula is C15H33N3. The van der Waals surface area contributed by atoms with Crippen LogP contribution in [0.25, 0.3) is 0 Å². The van der Waals surface area contributed by atoms with Crippen LogP contribution in [0.3, 0.4) is 0 Å². The standard InChI is InChI=1S/C15H33N3/c1-14(2)11-16-12-15-7-5-9-18(13-15)10-6-8-17(3)4/h14-16H,5-13H2,1-4H3. The number of piperidine rings is 1. The van der Waals surface area contributed by atoms with Crippen molar-refractivity contribution in [2.45, 2.75) is 33.1 Å². The molecule has 3 heteroatoms. The van der Waals surface area contributed by atoms with Crippen molar-refractivity contribution in [2.75, 3.05) is 53.4 Å². The summed E-state index contributed by atoms with van der Waals surface area (Å²) < 4.78 is 0. The molecule has 1 unspecified atom stereocenters. The fraction of sp³-hybridized carbons (Fsp3) is 1.00. The largest absolute Gasteiger partial charge is 0.316 e. The molecule has 1 aliphatic rings. The summed E-state index contributed by atoms with van der Waals surface area (Å²) in [5.74, 6) is 1.64. The van der Waals surface area contributed by atoms with Crippen LogP contribution in [0.4, 0.5) is 0 Å². The average molecular weight is 255 g/mol. The van der Waals surface area contributed by atoms with Crippen molar-refractivity contribution in [1.29, 1.82) is 0 Å². The minimum absolute atomic E-state index is 0.768. The zero-order chi connectivity index (χ0) is 13.4. The van der Waals surface area contributed by atoms with Crippen LogP contribution in [0, 0.1) is 11.8 Å². The van der Waals surface area contributed by atoms with Crippen LogP contribution in [0.2, 0.25) is 0 Å². The third-order valence-electron chi connectivity index (χ3n) is 3.67. The Balaban J connectivity index is 2.11. The van der Waals surface area contributed by atoms with Crippen LogP contribution >= 0.6 is 0 Å². The highest BCUT2D eigenvalue weighted by Gasteiger charge is 2.19. The van der Waals surface area contributed by atoms with Gasteiger partial charge in [0.05, 0.1) is 0 Å². The second-order valence-electron chi connectivity index (χ2n) is 6.52. The van der Waals surface area contributed by atoms with Gasteiger partial charge in [0.1, 0.15) is 0 Å². The van der Waals surface area contributed by atoms with Crippen molar-refractivity contribution in [2.24, 2.45) is 11.8 Å². The van der Waals surface area contributed by atoms with E-state index in [1.165, 1.54) is 52.0 Å². The molecular weight excluding hydrogens is 222 g/mol. The molecule has 18 heavy (non-hydrogen) atoms. The fourth-order valence-electron chi connectivity index (χ4n) is 2.71. The molecule has 1 fully saturated rings. The average Bonchev–Trinajstić information content (AvgIpc) is 2.28. The molecule has 1 atom stereocenters. The Morgan fingerprint density at radius 2 is 2.11 bits per heavy atom. The Kier molecular flexibility index (Phi) is 7.87. The zero-order valence-electron chi connectivity index (χ0n) is 12.9. The number of rotatable bonds is 8. The first-order chi connectivity index (χ1) is 8.58. The van der Waals surface area contributed by atoms with Crippen LogP contribution in [0.1, 0.15) is 33.1 Å². The van der Waals surface area contributed by atoms with Gasteiger partial charge in [-0.15, -0.1) is 0 Å². The summed E-state index contributed by atoms with van der Waals surface area (Å²) in [6.07, 6.45) is 4.10. The molecule has 1 heterocycles. The lowest BCUT2D eigenvalue weighted by Gasteiger charge is -2.33. The van der Waals surface area contributed by atoms with Gasteiger partial charge in [-0.2, -0.15) is 0 Å². The fourth-order valence-corrected chi connectivity index (χ4v) is 2.71. The van der Waals surface area contributed by atoms with Gasteiger partial charge in [-0.05, 0) is 77.9 Å². The third kappa shape index (κ3) is 7.34. The van der Waals surface area contributed by atoms with Crippen molar-refractivity contribution in [1.82, 2.24) is 15.1 Å². The molecule has 0 radical (unpaired) electrons. The van der Waals surface area contributed by atoms with E-state index < -0.39 is 0 Å². The van der Waals surface area contributed by atoms with Crippen LogP contribution in [0.15, 0.2) is 0 Å². The van der Waals surface area contributed by atoms with E-state index in [4.69, 9.17) is 0 Å². The second-order valence-corrected chi connectivity index (χ2v) is 6.52. The smallest absolute Gasteiger partial charge is 0.00218 e. The molecule has 0 aliphatic carbocycles. The predicted molar refractivity (Wildman–Crippen MR) is 80.0 cm³/mol. The molecule has 108 valence electrons. The highest BCUT2D eigenvalue weighted by molar-refractivity contribution is 4.75. The number of nitrogens with zero attached hydrogens (tertiary/aromatic N) is 2. The van der Waals surface area contributed by atoms with E-state index in [-0.39, 0.29) is 0 Å². The van der Waals surface area contributed by atoms with Gasteiger partial charge in [0.2, 0.25) is 0 Å². The van der Waals surface area contributed by atoms with E-state index in [1.54, 1.807) is 0 Å². The van der Waals surface area contributed by atoms with Crippen molar-refractivity contribution >= 4 is 0 Å². The van der Waals surface area contributed by atoms with Crippen LogP contribution in [-0.4, -0.2) is 63.2 Å². The summed E-state index contributed by atoms with van der Waals surface area (Å²) in [4.78, 5) is 4.94. The molecule has 0 aromatic carbocycles. The first-order valence-corrected chi connectivity index (χ1v) is 7.65. The number of hydrogen-bond acceptors (Lipinski definition) is 3. The lowest BCUT2D eigenvalue weighted by atomic mass is 9.97. The van der Waals surface area contributed by atoms with Crippen LogP contribution in [0.5, 0.6) is 0 Å². The van der Waals surface area contributed by atoms with E-state index in [2.05, 4.69) is 43.1 Å². The molecule has 0 amide bonds. The molecule has 0 aromatic heterocycles. The van der Waals surface area contributed by atoms with E-state index in [1.807, 2.05) is 0 Å².